The molecule has 0 unspecified atom stereocenters. The largest absolute Gasteiger partial charge is 0.452 e. The van der Waals surface area contributed by atoms with Gasteiger partial charge >= 0.3 is 5.97 Å². The zero-order valence-corrected chi connectivity index (χ0v) is 18.0. The Kier molecular flexibility index (Phi) is 6.95. The molecule has 2 saturated heterocycles. The summed E-state index contributed by atoms with van der Waals surface area (Å²) < 4.78 is 32.5. The molecule has 0 N–H and O–H groups in total. The lowest BCUT2D eigenvalue weighted by Crippen LogP contribution is -2.44. The topological polar surface area (TPSA) is 84.0 Å². The summed E-state index contributed by atoms with van der Waals surface area (Å²) >= 11 is 0. The third-order valence-corrected chi connectivity index (χ3v) is 7.73. The van der Waals surface area contributed by atoms with E-state index in [1.54, 1.807) is 17.9 Å². The number of rotatable bonds is 5. The van der Waals surface area contributed by atoms with Gasteiger partial charge in [-0.25, -0.2) is 13.2 Å². The molecule has 0 bridgehead atoms. The number of hydrogen-bond donors (Lipinski definition) is 0. The van der Waals surface area contributed by atoms with Gasteiger partial charge < -0.3 is 9.64 Å². The van der Waals surface area contributed by atoms with Gasteiger partial charge in [0.15, 0.2) is 6.61 Å². The number of esters is 1. The molecule has 1 aromatic rings. The van der Waals surface area contributed by atoms with Crippen molar-refractivity contribution >= 4 is 21.9 Å². The second kappa shape index (κ2) is 9.26. The molecule has 1 aromatic carbocycles. The predicted octanol–water partition coefficient (Wildman–Crippen LogP) is 2.73. The van der Waals surface area contributed by atoms with E-state index in [1.807, 2.05) is 6.92 Å². The first kappa shape index (κ1) is 21.8. The van der Waals surface area contributed by atoms with Crippen molar-refractivity contribution < 1.29 is 22.7 Å². The molecule has 2 heterocycles. The number of nitrogens with zero attached hydrogens (tertiary/aromatic N) is 2. The van der Waals surface area contributed by atoms with Crippen molar-refractivity contribution in [1.29, 1.82) is 0 Å². The first-order valence-corrected chi connectivity index (χ1v) is 11.8. The molecular formula is C21H30N2O5S. The average Bonchev–Trinajstić information content (AvgIpc) is 2.73. The molecule has 2 aliphatic rings. The molecule has 160 valence electrons. The van der Waals surface area contributed by atoms with Crippen LogP contribution in [0.1, 0.15) is 61.4 Å². The number of carbonyl (C=O) groups excluding carboxylic acids is 2. The Morgan fingerprint density at radius 2 is 1.76 bits per heavy atom. The van der Waals surface area contributed by atoms with Gasteiger partial charge in [-0.05, 0) is 63.6 Å². The summed E-state index contributed by atoms with van der Waals surface area (Å²) in [5, 5.41) is 0. The Morgan fingerprint density at radius 1 is 1.07 bits per heavy atom. The van der Waals surface area contributed by atoms with Crippen molar-refractivity contribution in [2.45, 2.75) is 63.3 Å². The lowest BCUT2D eigenvalue weighted by Gasteiger charge is -2.33. The molecule has 0 saturated carbocycles. The van der Waals surface area contributed by atoms with Crippen LogP contribution >= 0.6 is 0 Å². The smallest absolute Gasteiger partial charge is 0.338 e. The predicted molar refractivity (Wildman–Crippen MR) is 109 cm³/mol. The zero-order valence-electron chi connectivity index (χ0n) is 17.2. The Hall–Kier alpha value is -1.93. The van der Waals surface area contributed by atoms with E-state index in [2.05, 4.69) is 0 Å². The summed E-state index contributed by atoms with van der Waals surface area (Å²) in [7, 11) is -3.64. The van der Waals surface area contributed by atoms with Crippen LogP contribution in [0, 0.1) is 6.92 Å². The molecule has 2 fully saturated rings. The summed E-state index contributed by atoms with van der Waals surface area (Å²) in [6, 6.07) is 4.66. The van der Waals surface area contributed by atoms with Crippen LogP contribution in [0.4, 0.5) is 0 Å². The average molecular weight is 423 g/mol. The standard InChI is InChI=1S/C21H30N2O5S/c1-16-9-10-18(29(26,27)22-11-5-3-6-12-22)14-19(16)21(25)28-15-20(24)23-13-7-4-8-17(23)2/h9-10,14,17H,3-8,11-13,15H2,1-2H3/t17-/m0/s1. The second-order valence-corrected chi connectivity index (χ2v) is 9.89. The maximum atomic E-state index is 12.9. The molecule has 3 rings (SSSR count). The number of likely N-dealkylation sites (tertiary alicyclic amines) is 1. The second-order valence-electron chi connectivity index (χ2n) is 7.95. The summed E-state index contributed by atoms with van der Waals surface area (Å²) in [5.41, 5.74) is 0.800. The van der Waals surface area contributed by atoms with Gasteiger partial charge in [0.1, 0.15) is 0 Å². The van der Waals surface area contributed by atoms with Gasteiger partial charge in [-0.1, -0.05) is 12.5 Å². The quantitative estimate of drug-likeness (QED) is 0.681. The summed E-state index contributed by atoms with van der Waals surface area (Å²) in [6.07, 6.45) is 5.73. The molecule has 1 atom stereocenters. The van der Waals surface area contributed by atoms with E-state index in [1.165, 1.54) is 16.4 Å². The van der Waals surface area contributed by atoms with Gasteiger partial charge in [-0.2, -0.15) is 4.31 Å². The number of piperidine rings is 2. The molecule has 8 heteroatoms. The fourth-order valence-electron chi connectivity index (χ4n) is 3.99. The van der Waals surface area contributed by atoms with Gasteiger partial charge in [-0.3, -0.25) is 4.79 Å². The van der Waals surface area contributed by atoms with Crippen molar-refractivity contribution in [2.24, 2.45) is 0 Å². The third kappa shape index (κ3) is 4.98. The first-order valence-electron chi connectivity index (χ1n) is 10.4. The van der Waals surface area contributed by atoms with Crippen molar-refractivity contribution in [2.75, 3.05) is 26.2 Å². The van der Waals surface area contributed by atoms with E-state index in [4.69, 9.17) is 4.74 Å². The van der Waals surface area contributed by atoms with Gasteiger partial charge in [0.2, 0.25) is 10.0 Å². The number of hydrogen-bond acceptors (Lipinski definition) is 5. The van der Waals surface area contributed by atoms with E-state index in [0.717, 1.165) is 38.5 Å². The van der Waals surface area contributed by atoms with E-state index in [9.17, 15) is 18.0 Å². The number of ether oxygens (including phenoxy) is 1. The zero-order chi connectivity index (χ0) is 21.0. The van der Waals surface area contributed by atoms with Gasteiger partial charge in [0, 0.05) is 25.7 Å². The molecular weight excluding hydrogens is 392 g/mol. The van der Waals surface area contributed by atoms with Gasteiger partial charge in [0.05, 0.1) is 10.5 Å². The lowest BCUT2D eigenvalue weighted by atomic mass is 10.0. The minimum atomic E-state index is -3.64. The van der Waals surface area contributed by atoms with Crippen LogP contribution in [0.5, 0.6) is 0 Å². The maximum Gasteiger partial charge on any atom is 0.338 e. The van der Waals surface area contributed by atoms with E-state index < -0.39 is 16.0 Å². The first-order chi connectivity index (χ1) is 13.8. The number of sulfonamides is 1. The minimum Gasteiger partial charge on any atom is -0.452 e. The van der Waals surface area contributed by atoms with E-state index >= 15 is 0 Å². The molecule has 2 aliphatic heterocycles. The third-order valence-electron chi connectivity index (χ3n) is 5.83. The fourth-order valence-corrected chi connectivity index (χ4v) is 5.54. The van der Waals surface area contributed by atoms with Crippen LogP contribution in [0.25, 0.3) is 0 Å². The molecule has 0 aliphatic carbocycles. The SMILES string of the molecule is Cc1ccc(S(=O)(=O)N2CCCCC2)cc1C(=O)OCC(=O)N1CCCC[C@@H]1C. The van der Waals surface area contributed by atoms with Crippen LogP contribution in [-0.4, -0.2) is 61.8 Å². The normalized spacial score (nSPS) is 21.0. The molecule has 1 amide bonds. The van der Waals surface area contributed by atoms with Crippen molar-refractivity contribution in [1.82, 2.24) is 9.21 Å². The fraction of sp³-hybridized carbons (Fsp3) is 0.619. The molecule has 0 aromatic heterocycles. The van der Waals surface area contributed by atoms with Crippen molar-refractivity contribution in [3.05, 3.63) is 29.3 Å². The number of benzene rings is 1. The molecule has 0 spiro atoms. The molecule has 0 radical (unpaired) electrons. The van der Waals surface area contributed by atoms with Crippen LogP contribution in [0.2, 0.25) is 0 Å². The minimum absolute atomic E-state index is 0.0907. The highest BCUT2D eigenvalue weighted by Crippen LogP contribution is 2.23. The highest BCUT2D eigenvalue weighted by atomic mass is 32.2. The monoisotopic (exact) mass is 422 g/mol. The molecule has 29 heavy (non-hydrogen) atoms. The van der Waals surface area contributed by atoms with Crippen molar-refractivity contribution in [3.63, 3.8) is 0 Å². The van der Waals surface area contributed by atoms with E-state index in [-0.39, 0.29) is 29.0 Å². The van der Waals surface area contributed by atoms with Crippen molar-refractivity contribution in [3.8, 4) is 0 Å². The van der Waals surface area contributed by atoms with Crippen LogP contribution < -0.4 is 0 Å². The Bertz CT molecular complexity index is 862. The maximum absolute atomic E-state index is 12.9. The van der Waals surface area contributed by atoms with Crippen LogP contribution in [0.15, 0.2) is 23.1 Å². The lowest BCUT2D eigenvalue weighted by molar-refractivity contribution is -0.137. The van der Waals surface area contributed by atoms with Gasteiger partial charge in [-0.15, -0.1) is 0 Å². The Balaban J connectivity index is 1.70. The van der Waals surface area contributed by atoms with Crippen LogP contribution in [-0.2, 0) is 19.6 Å². The summed E-state index contributed by atoms with van der Waals surface area (Å²) in [5.74, 6) is -0.878. The highest BCUT2D eigenvalue weighted by Gasteiger charge is 2.28. The Morgan fingerprint density at radius 3 is 2.45 bits per heavy atom. The summed E-state index contributed by atoms with van der Waals surface area (Å²) in [4.78, 5) is 26.8. The van der Waals surface area contributed by atoms with Gasteiger partial charge in [0.25, 0.3) is 5.91 Å². The highest BCUT2D eigenvalue weighted by molar-refractivity contribution is 7.89. The number of carbonyl (C=O) groups is 2. The van der Waals surface area contributed by atoms with E-state index in [0.29, 0.717) is 25.2 Å². The number of aryl methyl sites for hydroxylation is 1. The summed E-state index contributed by atoms with van der Waals surface area (Å²) in [6.45, 7) is 5.07. The Labute approximate surface area is 173 Å². The van der Waals surface area contributed by atoms with Crippen LogP contribution in [0.3, 0.4) is 0 Å². The molecule has 7 nitrogen and oxygen atoms in total. The number of amides is 1.